The Balaban J connectivity index is 1.84. The molecular weight excluding hydrogens is 476 g/mol. The number of rotatable bonds is 7. The molecular formula is C31H44N4O3. The van der Waals surface area contributed by atoms with Crippen molar-refractivity contribution in [2.24, 2.45) is 0 Å². The van der Waals surface area contributed by atoms with E-state index in [4.69, 9.17) is 4.74 Å². The van der Waals surface area contributed by atoms with Crippen LogP contribution in [0.3, 0.4) is 0 Å². The summed E-state index contributed by atoms with van der Waals surface area (Å²) in [6.45, 7) is 8.98. The van der Waals surface area contributed by atoms with Crippen molar-refractivity contribution in [2.75, 3.05) is 25.6 Å². The van der Waals surface area contributed by atoms with E-state index >= 15 is 0 Å². The topological polar surface area (TPSA) is 74.8 Å². The van der Waals surface area contributed by atoms with Crippen molar-refractivity contribution < 1.29 is 14.3 Å². The minimum Gasteiger partial charge on any atom is -0.380 e. The quantitative estimate of drug-likeness (QED) is 0.568. The molecule has 7 heteroatoms. The molecule has 1 N–H and O–H groups in total. The molecule has 4 rings (SSSR count). The summed E-state index contributed by atoms with van der Waals surface area (Å²) < 4.78 is 5.55. The molecule has 206 valence electrons. The normalized spacial score (nSPS) is 22.1. The maximum absolute atomic E-state index is 14.6. The number of amides is 2. The standard InChI is InChI=1S/C31H44N4O3/c1-30(2,3)22-14-16-25(17-15-22)35(28(36)27-19-26(38-6)21-33-27)31(4,23-11-10-18-32-20-23)29(37)34(5)24-12-8-7-9-13-24/h10-11,14-18,20,24,26-27,33H,7-9,12-13,19,21H2,1-6H3/t26-,27-,31?/m1/s1. The molecule has 1 unspecified atom stereocenters. The van der Waals surface area contributed by atoms with Gasteiger partial charge in [-0.05, 0) is 55.4 Å². The Hall–Kier alpha value is -2.77. The highest BCUT2D eigenvalue weighted by molar-refractivity contribution is 6.06. The molecule has 1 aromatic carbocycles. The number of carbonyl (C=O) groups is 2. The molecule has 0 spiro atoms. The molecule has 2 aromatic rings. The number of nitrogens with zero attached hydrogens (tertiary/aromatic N) is 3. The monoisotopic (exact) mass is 520 g/mol. The van der Waals surface area contributed by atoms with E-state index in [1.54, 1.807) is 24.4 Å². The van der Waals surface area contributed by atoms with Crippen LogP contribution in [0.4, 0.5) is 5.69 Å². The van der Waals surface area contributed by atoms with Gasteiger partial charge in [-0.2, -0.15) is 0 Å². The average Bonchev–Trinajstić information content (AvgIpc) is 3.42. The fraction of sp³-hybridized carbons (Fsp3) is 0.581. The zero-order chi connectivity index (χ0) is 27.5. The van der Waals surface area contributed by atoms with Crippen molar-refractivity contribution in [1.29, 1.82) is 0 Å². The number of pyridine rings is 1. The second-order valence-corrected chi connectivity index (χ2v) is 12.0. The maximum Gasteiger partial charge on any atom is 0.253 e. The molecule has 2 amide bonds. The SMILES string of the molecule is CO[C@H]1CN[C@@H](C(=O)N(c2ccc(C(C)(C)C)cc2)C(C)(C(=O)N(C)C2CCCCC2)c2cccnc2)C1. The minimum absolute atomic E-state index is 0.0320. The smallest absolute Gasteiger partial charge is 0.253 e. The molecule has 2 aliphatic rings. The summed E-state index contributed by atoms with van der Waals surface area (Å²) in [6.07, 6.45) is 9.35. The zero-order valence-corrected chi connectivity index (χ0v) is 23.9. The third-order valence-electron chi connectivity index (χ3n) is 8.46. The highest BCUT2D eigenvalue weighted by atomic mass is 16.5. The maximum atomic E-state index is 14.6. The van der Waals surface area contributed by atoms with Crippen molar-refractivity contribution in [1.82, 2.24) is 15.2 Å². The van der Waals surface area contributed by atoms with E-state index in [2.05, 4.69) is 43.2 Å². The van der Waals surface area contributed by atoms with E-state index in [1.165, 1.54) is 12.0 Å². The number of aromatic nitrogens is 1. The molecule has 2 fully saturated rings. The number of hydrogen-bond donors (Lipinski definition) is 1. The number of hydrogen-bond acceptors (Lipinski definition) is 5. The summed E-state index contributed by atoms with van der Waals surface area (Å²) in [7, 11) is 3.57. The van der Waals surface area contributed by atoms with Crippen LogP contribution < -0.4 is 10.2 Å². The summed E-state index contributed by atoms with van der Waals surface area (Å²) >= 11 is 0. The first-order valence-electron chi connectivity index (χ1n) is 14.0. The molecule has 1 aromatic heterocycles. The Kier molecular flexibility index (Phi) is 8.58. The van der Waals surface area contributed by atoms with Gasteiger partial charge in [0.25, 0.3) is 5.91 Å². The van der Waals surface area contributed by atoms with Crippen LogP contribution in [0.2, 0.25) is 0 Å². The highest BCUT2D eigenvalue weighted by Gasteiger charge is 2.49. The summed E-state index contributed by atoms with van der Waals surface area (Å²) in [4.78, 5) is 37.0. The summed E-state index contributed by atoms with van der Waals surface area (Å²) in [6, 6.07) is 11.5. The molecule has 3 atom stereocenters. The van der Waals surface area contributed by atoms with Crippen molar-refractivity contribution >= 4 is 17.5 Å². The van der Waals surface area contributed by atoms with Gasteiger partial charge in [-0.15, -0.1) is 0 Å². The third kappa shape index (κ3) is 5.64. The first-order chi connectivity index (χ1) is 18.1. The van der Waals surface area contributed by atoms with Crippen LogP contribution in [0.25, 0.3) is 0 Å². The zero-order valence-electron chi connectivity index (χ0n) is 23.9. The Morgan fingerprint density at radius 3 is 2.24 bits per heavy atom. The Morgan fingerprint density at radius 1 is 1.00 bits per heavy atom. The molecule has 2 heterocycles. The largest absolute Gasteiger partial charge is 0.380 e. The lowest BCUT2D eigenvalue weighted by molar-refractivity contribution is -0.140. The number of benzene rings is 1. The van der Waals surface area contributed by atoms with Gasteiger partial charge >= 0.3 is 0 Å². The predicted molar refractivity (Wildman–Crippen MR) is 151 cm³/mol. The van der Waals surface area contributed by atoms with E-state index in [9.17, 15) is 9.59 Å². The second kappa shape index (κ2) is 11.5. The molecule has 38 heavy (non-hydrogen) atoms. The van der Waals surface area contributed by atoms with Crippen LogP contribution >= 0.6 is 0 Å². The molecule has 7 nitrogen and oxygen atoms in total. The van der Waals surface area contributed by atoms with Gasteiger partial charge in [0.2, 0.25) is 5.91 Å². The van der Waals surface area contributed by atoms with Gasteiger partial charge in [0.15, 0.2) is 5.54 Å². The van der Waals surface area contributed by atoms with Gasteiger partial charge < -0.3 is 15.0 Å². The van der Waals surface area contributed by atoms with Crippen LogP contribution in [-0.4, -0.2) is 60.6 Å². The fourth-order valence-electron chi connectivity index (χ4n) is 5.92. The minimum atomic E-state index is -1.28. The van der Waals surface area contributed by atoms with E-state index < -0.39 is 11.6 Å². The van der Waals surface area contributed by atoms with Crippen LogP contribution in [-0.2, 0) is 25.3 Å². The second-order valence-electron chi connectivity index (χ2n) is 12.0. The van der Waals surface area contributed by atoms with Crippen molar-refractivity contribution in [3.63, 3.8) is 0 Å². The summed E-state index contributed by atoms with van der Waals surface area (Å²) in [5.74, 6) is -0.225. The van der Waals surface area contributed by atoms with Gasteiger partial charge in [-0.1, -0.05) is 58.2 Å². The lowest BCUT2D eigenvalue weighted by Gasteiger charge is -2.45. The molecule has 0 bridgehead atoms. The molecule has 1 saturated heterocycles. The van der Waals surface area contributed by atoms with Crippen LogP contribution in [0.1, 0.15) is 77.3 Å². The Bertz CT molecular complexity index is 1090. The molecule has 1 aliphatic carbocycles. The van der Waals surface area contributed by atoms with E-state index in [-0.39, 0.29) is 29.4 Å². The average molecular weight is 521 g/mol. The molecule has 1 saturated carbocycles. The van der Waals surface area contributed by atoms with Crippen LogP contribution in [0.5, 0.6) is 0 Å². The first kappa shape index (κ1) is 28.2. The number of carbonyl (C=O) groups excluding carboxylic acids is 2. The number of anilines is 1. The third-order valence-corrected chi connectivity index (χ3v) is 8.46. The summed E-state index contributed by atoms with van der Waals surface area (Å²) in [5, 5.41) is 3.34. The van der Waals surface area contributed by atoms with Crippen molar-refractivity contribution in [2.45, 2.75) is 95.4 Å². The number of likely N-dealkylation sites (N-methyl/N-ethyl adjacent to an activating group) is 1. The lowest BCUT2D eigenvalue weighted by Crippen LogP contribution is -2.61. The Morgan fingerprint density at radius 2 is 1.68 bits per heavy atom. The molecule has 0 radical (unpaired) electrons. The fourth-order valence-corrected chi connectivity index (χ4v) is 5.92. The first-order valence-corrected chi connectivity index (χ1v) is 14.0. The van der Waals surface area contributed by atoms with Gasteiger partial charge in [-0.3, -0.25) is 19.5 Å². The van der Waals surface area contributed by atoms with Gasteiger partial charge in [0, 0.05) is 50.4 Å². The van der Waals surface area contributed by atoms with Crippen LogP contribution in [0.15, 0.2) is 48.8 Å². The van der Waals surface area contributed by atoms with Gasteiger partial charge in [-0.25, -0.2) is 0 Å². The van der Waals surface area contributed by atoms with E-state index in [0.29, 0.717) is 24.2 Å². The lowest BCUT2D eigenvalue weighted by atomic mass is 9.85. The van der Waals surface area contributed by atoms with Crippen molar-refractivity contribution in [3.05, 3.63) is 59.9 Å². The number of ether oxygens (including phenoxy) is 1. The number of nitrogens with one attached hydrogen (secondary N) is 1. The van der Waals surface area contributed by atoms with Crippen molar-refractivity contribution in [3.8, 4) is 0 Å². The van der Waals surface area contributed by atoms with Gasteiger partial charge in [0.1, 0.15) is 0 Å². The van der Waals surface area contributed by atoms with E-state index in [0.717, 1.165) is 25.7 Å². The van der Waals surface area contributed by atoms with E-state index in [1.807, 2.05) is 43.1 Å². The van der Waals surface area contributed by atoms with Gasteiger partial charge in [0.05, 0.1) is 12.1 Å². The molecule has 1 aliphatic heterocycles. The summed E-state index contributed by atoms with van der Waals surface area (Å²) in [5.41, 5.74) is 1.24. The number of methoxy groups -OCH3 is 1. The Labute approximate surface area is 228 Å². The predicted octanol–water partition coefficient (Wildman–Crippen LogP) is 4.80. The van der Waals surface area contributed by atoms with Crippen LogP contribution in [0, 0.1) is 0 Å². The highest BCUT2D eigenvalue weighted by Crippen LogP contribution is 2.38.